The summed E-state index contributed by atoms with van der Waals surface area (Å²) in [4.78, 5) is 2.23. The summed E-state index contributed by atoms with van der Waals surface area (Å²) in [5.41, 5.74) is 0. The van der Waals surface area contributed by atoms with Crippen molar-refractivity contribution < 1.29 is 5.11 Å². The first-order chi connectivity index (χ1) is 4.85. The van der Waals surface area contributed by atoms with Crippen molar-refractivity contribution in [3.63, 3.8) is 0 Å². The highest BCUT2D eigenvalue weighted by Crippen LogP contribution is 1.92. The van der Waals surface area contributed by atoms with E-state index in [0.29, 0.717) is 0 Å². The summed E-state index contributed by atoms with van der Waals surface area (Å²) in [6.45, 7) is 7.22. The minimum Gasteiger partial charge on any atom is -0.301 e. The van der Waals surface area contributed by atoms with Crippen molar-refractivity contribution in [3.05, 3.63) is 0 Å². The molecule has 0 bridgehead atoms. The summed E-state index contributed by atoms with van der Waals surface area (Å²) >= 11 is 0. The van der Waals surface area contributed by atoms with Crippen molar-refractivity contribution in [1.82, 2.24) is 4.90 Å². The van der Waals surface area contributed by atoms with Gasteiger partial charge >= 0.3 is 0 Å². The fourth-order valence-corrected chi connectivity index (χ4v) is 1.10. The SMILES string of the molecule is CCCN(CCC)CC[O]. The zero-order valence-electron chi connectivity index (χ0n) is 7.10. The number of rotatable bonds is 6. The molecule has 0 amide bonds. The van der Waals surface area contributed by atoms with Crippen LogP contribution in [0.25, 0.3) is 0 Å². The maximum atomic E-state index is 10.2. The van der Waals surface area contributed by atoms with E-state index in [4.69, 9.17) is 0 Å². The number of hydrogen-bond acceptors (Lipinski definition) is 1. The monoisotopic (exact) mass is 144 g/mol. The Balaban J connectivity index is 3.30. The van der Waals surface area contributed by atoms with Gasteiger partial charge in [-0.2, -0.15) is 0 Å². The lowest BCUT2D eigenvalue weighted by atomic mass is 10.3. The van der Waals surface area contributed by atoms with Crippen LogP contribution < -0.4 is 0 Å². The van der Waals surface area contributed by atoms with Crippen LogP contribution in [0.4, 0.5) is 0 Å². The van der Waals surface area contributed by atoms with Crippen molar-refractivity contribution in [2.45, 2.75) is 26.7 Å². The van der Waals surface area contributed by atoms with Crippen LogP contribution in [0, 0.1) is 0 Å². The first-order valence-corrected chi connectivity index (χ1v) is 4.15. The molecule has 10 heavy (non-hydrogen) atoms. The molecule has 61 valence electrons. The zero-order chi connectivity index (χ0) is 7.82. The number of hydrogen-bond donors (Lipinski definition) is 0. The van der Waals surface area contributed by atoms with E-state index in [1.54, 1.807) is 0 Å². The third-order valence-corrected chi connectivity index (χ3v) is 1.49. The van der Waals surface area contributed by atoms with Crippen molar-refractivity contribution >= 4 is 0 Å². The van der Waals surface area contributed by atoms with Crippen molar-refractivity contribution in [2.75, 3.05) is 26.2 Å². The predicted molar refractivity (Wildman–Crippen MR) is 42.6 cm³/mol. The van der Waals surface area contributed by atoms with Crippen LogP contribution in [0.15, 0.2) is 0 Å². The third-order valence-electron chi connectivity index (χ3n) is 1.49. The fourth-order valence-electron chi connectivity index (χ4n) is 1.10. The van der Waals surface area contributed by atoms with Crippen LogP contribution in [0.1, 0.15) is 26.7 Å². The summed E-state index contributed by atoms with van der Waals surface area (Å²) < 4.78 is 0. The van der Waals surface area contributed by atoms with E-state index < -0.39 is 0 Å². The van der Waals surface area contributed by atoms with E-state index in [1.165, 1.54) is 0 Å². The minimum absolute atomic E-state index is 0.0417. The molecule has 0 aromatic rings. The second-order valence-electron chi connectivity index (χ2n) is 2.55. The van der Waals surface area contributed by atoms with E-state index in [9.17, 15) is 5.11 Å². The van der Waals surface area contributed by atoms with Gasteiger partial charge in [0.15, 0.2) is 0 Å². The van der Waals surface area contributed by atoms with Crippen molar-refractivity contribution in [3.8, 4) is 0 Å². The zero-order valence-corrected chi connectivity index (χ0v) is 7.10. The summed E-state index contributed by atoms with van der Waals surface area (Å²) in [6, 6.07) is 0. The van der Waals surface area contributed by atoms with Gasteiger partial charge in [0, 0.05) is 6.54 Å². The van der Waals surface area contributed by atoms with Gasteiger partial charge in [0.1, 0.15) is 0 Å². The normalized spacial score (nSPS) is 10.8. The minimum atomic E-state index is 0.0417. The van der Waals surface area contributed by atoms with E-state index >= 15 is 0 Å². The molecule has 0 aromatic heterocycles. The van der Waals surface area contributed by atoms with Crippen LogP contribution >= 0.6 is 0 Å². The Morgan fingerprint density at radius 1 is 1.00 bits per heavy atom. The molecule has 0 heterocycles. The summed E-state index contributed by atoms with van der Waals surface area (Å²) in [5, 5.41) is 10.2. The van der Waals surface area contributed by atoms with E-state index in [1.807, 2.05) is 0 Å². The molecule has 0 aliphatic heterocycles. The Morgan fingerprint density at radius 3 is 1.80 bits per heavy atom. The highest BCUT2D eigenvalue weighted by molar-refractivity contribution is 4.53. The first kappa shape index (κ1) is 9.92. The summed E-state index contributed by atoms with van der Waals surface area (Å²) in [6.07, 6.45) is 2.31. The van der Waals surface area contributed by atoms with E-state index in [-0.39, 0.29) is 6.61 Å². The standard InChI is InChI=1S/C8H18NO/c1-3-5-9(6-4-2)7-8-10/h3-8H2,1-2H3. The van der Waals surface area contributed by atoms with Gasteiger partial charge in [-0.3, -0.25) is 0 Å². The Labute approximate surface area is 63.8 Å². The lowest BCUT2D eigenvalue weighted by molar-refractivity contribution is 0.140. The van der Waals surface area contributed by atoms with Crippen LogP contribution in [-0.2, 0) is 5.11 Å². The molecule has 0 aliphatic rings. The average molecular weight is 144 g/mol. The molecule has 2 heteroatoms. The topological polar surface area (TPSA) is 23.1 Å². The summed E-state index contributed by atoms with van der Waals surface area (Å²) in [7, 11) is 0. The van der Waals surface area contributed by atoms with Crippen LogP contribution in [-0.4, -0.2) is 31.1 Å². The lowest BCUT2D eigenvalue weighted by Crippen LogP contribution is -2.28. The number of nitrogens with zero attached hydrogens (tertiary/aromatic N) is 1. The van der Waals surface area contributed by atoms with Crippen molar-refractivity contribution in [1.29, 1.82) is 0 Å². The Kier molecular flexibility index (Phi) is 6.98. The maximum Gasteiger partial charge on any atom is 0.0949 e. The third kappa shape index (κ3) is 4.77. The average Bonchev–Trinajstić information content (AvgIpc) is 1.90. The Morgan fingerprint density at radius 2 is 1.50 bits per heavy atom. The molecular weight excluding hydrogens is 126 g/mol. The maximum absolute atomic E-state index is 10.2. The van der Waals surface area contributed by atoms with Gasteiger partial charge in [-0.25, -0.2) is 5.11 Å². The second kappa shape index (κ2) is 7.03. The first-order valence-electron chi connectivity index (χ1n) is 4.15. The smallest absolute Gasteiger partial charge is 0.0949 e. The van der Waals surface area contributed by atoms with Gasteiger partial charge < -0.3 is 4.90 Å². The highest BCUT2D eigenvalue weighted by Gasteiger charge is 1.99. The van der Waals surface area contributed by atoms with Gasteiger partial charge in [0.05, 0.1) is 6.61 Å². The molecule has 0 N–H and O–H groups in total. The van der Waals surface area contributed by atoms with Gasteiger partial charge in [0.2, 0.25) is 0 Å². The second-order valence-corrected chi connectivity index (χ2v) is 2.55. The summed E-state index contributed by atoms with van der Waals surface area (Å²) in [5.74, 6) is 0. The molecule has 0 saturated carbocycles. The van der Waals surface area contributed by atoms with Gasteiger partial charge in [0.25, 0.3) is 0 Å². The molecule has 0 spiro atoms. The molecule has 1 radical (unpaired) electrons. The molecule has 0 saturated heterocycles. The van der Waals surface area contributed by atoms with Gasteiger partial charge in [-0.1, -0.05) is 13.8 Å². The largest absolute Gasteiger partial charge is 0.301 e. The molecule has 0 atom stereocenters. The van der Waals surface area contributed by atoms with Gasteiger partial charge in [-0.15, -0.1) is 0 Å². The van der Waals surface area contributed by atoms with Crippen LogP contribution in [0.2, 0.25) is 0 Å². The van der Waals surface area contributed by atoms with Crippen LogP contribution in [0.5, 0.6) is 0 Å². The highest BCUT2D eigenvalue weighted by atomic mass is 16.3. The lowest BCUT2D eigenvalue weighted by Gasteiger charge is -2.18. The molecule has 0 unspecified atom stereocenters. The van der Waals surface area contributed by atoms with Crippen LogP contribution in [0.3, 0.4) is 0 Å². The molecular formula is C8H18NO. The van der Waals surface area contributed by atoms with Crippen molar-refractivity contribution in [2.24, 2.45) is 0 Å². The Bertz CT molecular complexity index is 52.0. The molecule has 2 nitrogen and oxygen atoms in total. The van der Waals surface area contributed by atoms with Gasteiger partial charge in [-0.05, 0) is 25.9 Å². The van der Waals surface area contributed by atoms with E-state index in [0.717, 1.165) is 32.5 Å². The molecule has 0 aliphatic carbocycles. The molecule has 0 aromatic carbocycles. The molecule has 0 fully saturated rings. The predicted octanol–water partition coefficient (Wildman–Crippen LogP) is 1.54. The quantitative estimate of drug-likeness (QED) is 0.554. The Hall–Kier alpha value is -0.0800. The fraction of sp³-hybridized carbons (Fsp3) is 1.00. The van der Waals surface area contributed by atoms with E-state index in [2.05, 4.69) is 18.7 Å². The molecule has 0 rings (SSSR count).